The van der Waals surface area contributed by atoms with Gasteiger partial charge in [0.05, 0.1) is 12.1 Å². The number of carbonyl (C=O) groups excluding carboxylic acids is 1. The first-order chi connectivity index (χ1) is 18.2. The molecule has 2 fully saturated rings. The Hall–Kier alpha value is -3.38. The van der Waals surface area contributed by atoms with E-state index in [0.717, 1.165) is 73.8 Å². The van der Waals surface area contributed by atoms with E-state index in [9.17, 15) is 4.79 Å². The molecule has 6 heteroatoms. The van der Waals surface area contributed by atoms with E-state index in [2.05, 4.69) is 51.8 Å². The molecule has 192 valence electrons. The van der Waals surface area contributed by atoms with Crippen molar-refractivity contribution in [3.05, 3.63) is 72.6 Å². The monoisotopic (exact) mass is 496 g/mol. The molecule has 0 bridgehead atoms. The molecule has 2 aromatic carbocycles. The number of amides is 1. The van der Waals surface area contributed by atoms with Crippen molar-refractivity contribution < 1.29 is 9.53 Å². The van der Waals surface area contributed by atoms with Crippen LogP contribution in [0.2, 0.25) is 0 Å². The van der Waals surface area contributed by atoms with Crippen molar-refractivity contribution in [2.24, 2.45) is 0 Å². The predicted molar refractivity (Wildman–Crippen MR) is 148 cm³/mol. The summed E-state index contributed by atoms with van der Waals surface area (Å²) in [4.78, 5) is 22.1. The van der Waals surface area contributed by atoms with Crippen LogP contribution in [0, 0.1) is 0 Å². The van der Waals surface area contributed by atoms with Gasteiger partial charge in [-0.3, -0.25) is 9.78 Å². The minimum absolute atomic E-state index is 0.113. The minimum Gasteiger partial charge on any atom is -0.494 e. The lowest BCUT2D eigenvalue weighted by molar-refractivity contribution is 0.0696. The van der Waals surface area contributed by atoms with E-state index >= 15 is 0 Å². The van der Waals surface area contributed by atoms with Gasteiger partial charge in [0, 0.05) is 66.0 Å². The zero-order chi connectivity index (χ0) is 25.2. The van der Waals surface area contributed by atoms with Crippen LogP contribution >= 0.6 is 0 Å². The van der Waals surface area contributed by atoms with Gasteiger partial charge in [0.25, 0.3) is 5.91 Å². The van der Waals surface area contributed by atoms with Crippen LogP contribution in [-0.2, 0) is 0 Å². The number of piperidine rings is 1. The second kappa shape index (κ2) is 10.5. The largest absolute Gasteiger partial charge is 0.494 e. The maximum atomic E-state index is 13.2. The topological polar surface area (TPSA) is 50.6 Å². The lowest BCUT2D eigenvalue weighted by atomic mass is 10.0. The summed E-state index contributed by atoms with van der Waals surface area (Å²) in [5.41, 5.74) is 2.90. The number of ether oxygens (including phenoxy) is 1. The van der Waals surface area contributed by atoms with Gasteiger partial charge >= 0.3 is 0 Å². The van der Waals surface area contributed by atoms with Crippen molar-refractivity contribution in [1.29, 1.82) is 0 Å². The van der Waals surface area contributed by atoms with E-state index in [1.54, 1.807) is 6.20 Å². The van der Waals surface area contributed by atoms with Crippen LogP contribution in [0.25, 0.3) is 21.8 Å². The standard InChI is InChI=1S/C31H36N4O2/c1-23-5-3-15-33(23)16-4-20-37-28-8-10-30-25(22-28)11-19-35(30)27-12-17-34(18-13-27)31(36)26-7-9-29-24(21-26)6-2-14-32-29/h2,6-11,14,19,21-23,27H,3-5,12-13,15-18,20H2,1H3/t23-/m1/s1. The Bertz CT molecular complexity index is 1390. The van der Waals surface area contributed by atoms with Crippen LogP contribution in [-0.4, -0.2) is 64.1 Å². The number of carbonyl (C=O) groups is 1. The van der Waals surface area contributed by atoms with Crippen molar-refractivity contribution in [2.75, 3.05) is 32.8 Å². The van der Waals surface area contributed by atoms with Gasteiger partial charge in [-0.25, -0.2) is 0 Å². The molecule has 0 unspecified atom stereocenters. The average Bonchev–Trinajstić information content (AvgIpc) is 3.56. The Morgan fingerprint density at radius 3 is 2.73 bits per heavy atom. The smallest absolute Gasteiger partial charge is 0.253 e. The first-order valence-corrected chi connectivity index (χ1v) is 13.8. The molecule has 6 rings (SSSR count). The highest BCUT2D eigenvalue weighted by atomic mass is 16.5. The van der Waals surface area contributed by atoms with Gasteiger partial charge in [0.1, 0.15) is 5.75 Å². The molecule has 2 saturated heterocycles. The van der Waals surface area contributed by atoms with E-state index in [0.29, 0.717) is 6.04 Å². The summed E-state index contributed by atoms with van der Waals surface area (Å²) >= 11 is 0. The second-order valence-electron chi connectivity index (χ2n) is 10.6. The van der Waals surface area contributed by atoms with Crippen molar-refractivity contribution in [3.63, 3.8) is 0 Å². The van der Waals surface area contributed by atoms with Crippen LogP contribution in [0.1, 0.15) is 55.4 Å². The molecule has 4 heterocycles. The Morgan fingerprint density at radius 1 is 1.00 bits per heavy atom. The van der Waals surface area contributed by atoms with Gasteiger partial charge in [-0.2, -0.15) is 0 Å². The number of aromatic nitrogens is 2. The predicted octanol–water partition coefficient (Wildman–Crippen LogP) is 5.92. The quantitative estimate of drug-likeness (QED) is 0.298. The van der Waals surface area contributed by atoms with Crippen molar-refractivity contribution >= 4 is 27.7 Å². The van der Waals surface area contributed by atoms with Crippen LogP contribution in [0.3, 0.4) is 0 Å². The molecule has 37 heavy (non-hydrogen) atoms. The molecule has 6 nitrogen and oxygen atoms in total. The normalized spacial score (nSPS) is 19.2. The Labute approximate surface area is 218 Å². The fraction of sp³-hybridized carbons (Fsp3) is 0.419. The summed E-state index contributed by atoms with van der Waals surface area (Å²) in [6, 6.07) is 19.5. The minimum atomic E-state index is 0.113. The average molecular weight is 497 g/mol. The van der Waals surface area contributed by atoms with Crippen LogP contribution in [0.4, 0.5) is 0 Å². The van der Waals surface area contributed by atoms with Gasteiger partial charge in [0.2, 0.25) is 0 Å². The van der Waals surface area contributed by atoms with Gasteiger partial charge < -0.3 is 19.1 Å². The molecule has 0 saturated carbocycles. The van der Waals surface area contributed by atoms with Crippen molar-refractivity contribution in [3.8, 4) is 5.75 Å². The number of fused-ring (bicyclic) bond motifs is 2. The van der Waals surface area contributed by atoms with E-state index in [1.807, 2.05) is 35.2 Å². The zero-order valence-electron chi connectivity index (χ0n) is 21.7. The number of nitrogens with zero attached hydrogens (tertiary/aromatic N) is 4. The highest BCUT2D eigenvalue weighted by Gasteiger charge is 2.25. The summed E-state index contributed by atoms with van der Waals surface area (Å²) in [6.45, 7) is 6.98. The molecule has 2 aromatic heterocycles. The molecule has 2 aliphatic heterocycles. The molecule has 1 amide bonds. The number of hydrogen-bond donors (Lipinski definition) is 0. The Morgan fingerprint density at radius 2 is 1.89 bits per heavy atom. The first-order valence-electron chi connectivity index (χ1n) is 13.8. The molecule has 2 aliphatic rings. The van der Waals surface area contributed by atoms with Crippen LogP contribution in [0.5, 0.6) is 5.75 Å². The third-order valence-corrected chi connectivity index (χ3v) is 8.24. The maximum absolute atomic E-state index is 13.2. The van der Waals surface area contributed by atoms with Crippen LogP contribution in [0.15, 0.2) is 67.0 Å². The van der Waals surface area contributed by atoms with Gasteiger partial charge in [-0.05, 0) is 94.1 Å². The van der Waals surface area contributed by atoms with Gasteiger partial charge in [-0.1, -0.05) is 6.07 Å². The lowest BCUT2D eigenvalue weighted by Crippen LogP contribution is -2.39. The van der Waals surface area contributed by atoms with Crippen molar-refractivity contribution in [2.45, 2.75) is 51.1 Å². The van der Waals surface area contributed by atoms with Crippen LogP contribution < -0.4 is 4.74 Å². The number of pyridine rings is 1. The van der Waals surface area contributed by atoms with Gasteiger partial charge in [0.15, 0.2) is 0 Å². The zero-order valence-corrected chi connectivity index (χ0v) is 21.7. The summed E-state index contributed by atoms with van der Waals surface area (Å²) < 4.78 is 8.48. The summed E-state index contributed by atoms with van der Waals surface area (Å²) in [6.07, 6.45) is 9.61. The Balaban J connectivity index is 1.04. The number of likely N-dealkylation sites (tertiary alicyclic amines) is 2. The van der Waals surface area contributed by atoms with Crippen molar-refractivity contribution in [1.82, 2.24) is 19.4 Å². The third-order valence-electron chi connectivity index (χ3n) is 8.24. The molecule has 0 radical (unpaired) electrons. The number of rotatable bonds is 7. The van der Waals surface area contributed by atoms with E-state index in [4.69, 9.17) is 4.74 Å². The number of benzene rings is 2. The summed E-state index contributed by atoms with van der Waals surface area (Å²) in [5.74, 6) is 1.06. The summed E-state index contributed by atoms with van der Waals surface area (Å²) in [7, 11) is 0. The molecule has 0 N–H and O–H groups in total. The summed E-state index contributed by atoms with van der Waals surface area (Å²) in [5, 5.41) is 2.22. The number of hydrogen-bond acceptors (Lipinski definition) is 4. The molecule has 4 aromatic rings. The highest BCUT2D eigenvalue weighted by molar-refractivity contribution is 5.98. The fourth-order valence-electron chi connectivity index (χ4n) is 6.07. The second-order valence-corrected chi connectivity index (χ2v) is 10.6. The fourth-order valence-corrected chi connectivity index (χ4v) is 6.07. The van der Waals surface area contributed by atoms with E-state index in [1.165, 1.54) is 30.3 Å². The third kappa shape index (κ3) is 5.08. The molecule has 0 spiro atoms. The molecule has 0 aliphatic carbocycles. The van der Waals surface area contributed by atoms with Gasteiger partial charge in [-0.15, -0.1) is 0 Å². The molecular formula is C31H36N4O2. The molecule has 1 atom stereocenters. The first kappa shape index (κ1) is 24.0. The Kier molecular flexibility index (Phi) is 6.83. The molecular weight excluding hydrogens is 460 g/mol. The van der Waals surface area contributed by atoms with E-state index in [-0.39, 0.29) is 5.91 Å². The highest BCUT2D eigenvalue weighted by Crippen LogP contribution is 2.30. The van der Waals surface area contributed by atoms with E-state index < -0.39 is 0 Å². The SMILES string of the molecule is C[C@@H]1CCCN1CCCOc1ccc2c(ccn2C2CCN(C(=O)c3ccc4ncccc4c3)CC2)c1. The maximum Gasteiger partial charge on any atom is 0.253 e. The lowest BCUT2D eigenvalue weighted by Gasteiger charge is -2.33.